The lowest BCUT2D eigenvalue weighted by Gasteiger charge is -2.13. The highest BCUT2D eigenvalue weighted by atomic mass is 32.1. The van der Waals surface area contributed by atoms with Gasteiger partial charge in [-0.25, -0.2) is 0 Å². The molecule has 0 radical (unpaired) electrons. The minimum Gasteiger partial charge on any atom is -0.333 e. The third-order valence-electron chi connectivity index (χ3n) is 3.42. The lowest BCUT2D eigenvalue weighted by Crippen LogP contribution is -2.18. The number of rotatable bonds is 4. The Kier molecular flexibility index (Phi) is 3.55. The summed E-state index contributed by atoms with van der Waals surface area (Å²) < 4.78 is 4.99. The summed E-state index contributed by atoms with van der Waals surface area (Å²) in [5.74, 6) is 0.468. The van der Waals surface area contributed by atoms with E-state index in [0.717, 1.165) is 16.8 Å². The van der Waals surface area contributed by atoms with Crippen LogP contribution in [0.25, 0.3) is 10.2 Å². The van der Waals surface area contributed by atoms with Gasteiger partial charge in [0.2, 0.25) is 0 Å². The third kappa shape index (κ3) is 2.47. The molecule has 0 aliphatic carbocycles. The minimum absolute atomic E-state index is 0.117. The second-order valence-corrected chi connectivity index (χ2v) is 6.12. The van der Waals surface area contributed by atoms with Gasteiger partial charge in [-0.3, -0.25) is 9.48 Å². The molecule has 3 heterocycles. The summed E-state index contributed by atoms with van der Waals surface area (Å²) in [6, 6.07) is 6.05. The van der Waals surface area contributed by atoms with Crippen molar-refractivity contribution < 1.29 is 4.79 Å². The number of hydrogen-bond donors (Lipinski definition) is 1. The van der Waals surface area contributed by atoms with Gasteiger partial charge in [-0.1, -0.05) is 0 Å². The summed E-state index contributed by atoms with van der Waals surface area (Å²) in [4.78, 5) is 12.5. The van der Waals surface area contributed by atoms with Crippen molar-refractivity contribution in [2.45, 2.75) is 33.4 Å². The molecule has 0 fully saturated rings. The molecule has 0 saturated carbocycles. The van der Waals surface area contributed by atoms with Gasteiger partial charge in [0.25, 0.3) is 5.91 Å². The average Bonchev–Trinajstić information content (AvgIpc) is 3.11. The Morgan fingerprint density at radius 1 is 1.43 bits per heavy atom. The van der Waals surface area contributed by atoms with Crippen molar-refractivity contribution in [3.8, 4) is 0 Å². The molecule has 1 N–H and O–H groups in total. The fraction of sp³-hybridized carbons (Fsp3) is 0.333. The van der Waals surface area contributed by atoms with E-state index < -0.39 is 0 Å². The number of aryl methyl sites for hydroxylation is 1. The molecule has 6 heteroatoms. The van der Waals surface area contributed by atoms with Crippen LogP contribution in [-0.4, -0.2) is 20.3 Å². The number of thiophene rings is 1. The molecule has 1 amide bonds. The van der Waals surface area contributed by atoms with E-state index >= 15 is 0 Å². The molecule has 0 bridgehead atoms. The fourth-order valence-corrected chi connectivity index (χ4v) is 3.27. The Morgan fingerprint density at radius 2 is 2.24 bits per heavy atom. The third-order valence-corrected chi connectivity index (χ3v) is 4.27. The Labute approximate surface area is 127 Å². The summed E-state index contributed by atoms with van der Waals surface area (Å²) in [5, 5.41) is 9.21. The van der Waals surface area contributed by atoms with Crippen LogP contribution in [0.3, 0.4) is 0 Å². The number of fused-ring (bicyclic) bond motifs is 1. The topological polar surface area (TPSA) is 51.9 Å². The molecule has 110 valence electrons. The van der Waals surface area contributed by atoms with Crippen LogP contribution in [0.2, 0.25) is 0 Å². The Hall–Kier alpha value is -2.08. The van der Waals surface area contributed by atoms with E-state index in [1.807, 2.05) is 30.6 Å². The fourth-order valence-electron chi connectivity index (χ4n) is 2.46. The molecule has 0 aromatic carbocycles. The first kappa shape index (κ1) is 13.9. The maximum atomic E-state index is 12.5. The second-order valence-electron chi connectivity index (χ2n) is 5.17. The van der Waals surface area contributed by atoms with Crippen LogP contribution >= 0.6 is 11.3 Å². The van der Waals surface area contributed by atoms with Crippen LogP contribution in [0, 0.1) is 0 Å². The molecule has 0 saturated heterocycles. The summed E-state index contributed by atoms with van der Waals surface area (Å²) in [7, 11) is 0. The molecule has 0 spiro atoms. The molecule has 0 unspecified atom stereocenters. The van der Waals surface area contributed by atoms with Gasteiger partial charge in [0.1, 0.15) is 5.69 Å². The van der Waals surface area contributed by atoms with Crippen molar-refractivity contribution in [1.82, 2.24) is 14.3 Å². The van der Waals surface area contributed by atoms with Crippen molar-refractivity contribution in [3.63, 3.8) is 0 Å². The largest absolute Gasteiger partial charge is 0.333 e. The van der Waals surface area contributed by atoms with Gasteiger partial charge in [0.15, 0.2) is 5.82 Å². The average molecular weight is 302 g/mol. The normalized spacial score (nSPS) is 11.4. The Morgan fingerprint density at radius 3 is 2.90 bits per heavy atom. The number of carbonyl (C=O) groups is 1. The van der Waals surface area contributed by atoms with E-state index in [1.165, 1.54) is 0 Å². The zero-order valence-electron chi connectivity index (χ0n) is 12.3. The SMILES string of the molecule is CCn1ccc(NC(=O)c2cc3sccc3n2C(C)C)n1. The highest BCUT2D eigenvalue weighted by molar-refractivity contribution is 7.17. The van der Waals surface area contributed by atoms with Crippen molar-refractivity contribution >= 4 is 33.3 Å². The molecular formula is C15H18N4OS. The monoisotopic (exact) mass is 302 g/mol. The smallest absolute Gasteiger partial charge is 0.273 e. The quantitative estimate of drug-likeness (QED) is 0.798. The maximum absolute atomic E-state index is 12.5. The molecule has 0 atom stereocenters. The zero-order chi connectivity index (χ0) is 15.0. The predicted octanol–water partition coefficient (Wildman–Crippen LogP) is 3.75. The van der Waals surface area contributed by atoms with Gasteiger partial charge in [-0.15, -0.1) is 11.3 Å². The number of anilines is 1. The van der Waals surface area contributed by atoms with Crippen LogP contribution in [-0.2, 0) is 6.54 Å². The minimum atomic E-state index is -0.117. The first-order valence-electron chi connectivity index (χ1n) is 7.03. The number of nitrogens with zero attached hydrogens (tertiary/aromatic N) is 3. The van der Waals surface area contributed by atoms with Gasteiger partial charge in [0.05, 0.1) is 10.2 Å². The number of nitrogens with one attached hydrogen (secondary N) is 1. The van der Waals surface area contributed by atoms with Crippen LogP contribution in [0.4, 0.5) is 5.82 Å². The van der Waals surface area contributed by atoms with E-state index in [9.17, 15) is 4.79 Å². The first-order chi connectivity index (χ1) is 10.1. The van der Waals surface area contributed by atoms with E-state index in [4.69, 9.17) is 0 Å². The number of amides is 1. The highest BCUT2D eigenvalue weighted by Crippen LogP contribution is 2.28. The molecular weight excluding hydrogens is 284 g/mol. The number of carbonyl (C=O) groups excluding carboxylic acids is 1. The van der Waals surface area contributed by atoms with E-state index in [1.54, 1.807) is 16.0 Å². The molecule has 21 heavy (non-hydrogen) atoms. The van der Waals surface area contributed by atoms with Crippen LogP contribution in [0.1, 0.15) is 37.3 Å². The van der Waals surface area contributed by atoms with Crippen LogP contribution in [0.15, 0.2) is 29.8 Å². The summed E-state index contributed by atoms with van der Waals surface area (Å²) in [6.07, 6.45) is 1.86. The maximum Gasteiger partial charge on any atom is 0.273 e. The molecule has 0 aliphatic rings. The standard InChI is InChI=1S/C15H18N4OS/c1-4-18-7-5-14(17-18)16-15(20)12-9-13-11(6-8-21-13)19(12)10(2)3/h5-10H,4H2,1-3H3,(H,16,17,20). The number of aromatic nitrogens is 3. The summed E-state index contributed by atoms with van der Waals surface area (Å²) in [5.41, 5.74) is 1.79. The lowest BCUT2D eigenvalue weighted by atomic mass is 10.3. The van der Waals surface area contributed by atoms with Crippen molar-refractivity contribution in [1.29, 1.82) is 0 Å². The molecule has 3 rings (SSSR count). The van der Waals surface area contributed by atoms with Gasteiger partial charge >= 0.3 is 0 Å². The molecule has 0 aliphatic heterocycles. The van der Waals surface area contributed by atoms with E-state index in [2.05, 4.69) is 34.9 Å². The van der Waals surface area contributed by atoms with Gasteiger partial charge < -0.3 is 9.88 Å². The molecule has 5 nitrogen and oxygen atoms in total. The predicted molar refractivity (Wildman–Crippen MR) is 86.1 cm³/mol. The highest BCUT2D eigenvalue weighted by Gasteiger charge is 2.18. The summed E-state index contributed by atoms with van der Waals surface area (Å²) >= 11 is 1.65. The van der Waals surface area contributed by atoms with Crippen molar-refractivity contribution in [2.75, 3.05) is 5.32 Å². The van der Waals surface area contributed by atoms with E-state index in [0.29, 0.717) is 11.5 Å². The van der Waals surface area contributed by atoms with Crippen molar-refractivity contribution in [3.05, 3.63) is 35.5 Å². The van der Waals surface area contributed by atoms with E-state index in [-0.39, 0.29) is 11.9 Å². The molecule has 3 aromatic heterocycles. The zero-order valence-corrected chi connectivity index (χ0v) is 13.1. The van der Waals surface area contributed by atoms with Gasteiger partial charge in [0, 0.05) is 24.8 Å². The van der Waals surface area contributed by atoms with Crippen LogP contribution < -0.4 is 5.32 Å². The van der Waals surface area contributed by atoms with Gasteiger partial charge in [-0.05, 0) is 38.3 Å². The van der Waals surface area contributed by atoms with Gasteiger partial charge in [-0.2, -0.15) is 5.10 Å². The Balaban J connectivity index is 1.93. The summed E-state index contributed by atoms with van der Waals surface area (Å²) in [6.45, 7) is 6.96. The molecule has 3 aromatic rings. The second kappa shape index (κ2) is 5.37. The number of hydrogen-bond acceptors (Lipinski definition) is 3. The lowest BCUT2D eigenvalue weighted by molar-refractivity contribution is 0.101. The first-order valence-corrected chi connectivity index (χ1v) is 7.91. The Bertz CT molecular complexity index is 781. The van der Waals surface area contributed by atoms with Crippen molar-refractivity contribution in [2.24, 2.45) is 0 Å². The van der Waals surface area contributed by atoms with Crippen LogP contribution in [0.5, 0.6) is 0 Å².